The molecule has 1 aromatic heterocycles. The molecule has 7 heteroatoms. The number of amides is 1. The summed E-state index contributed by atoms with van der Waals surface area (Å²) < 4.78 is 0. The standard InChI is InChI=1S/C12H20N4O2S/c1-2-14-12-15-10(13)9(19-12)11(18)16-5-3-4-8(6-16)7-17/h8,17H,2-7,13H2,1H3,(H,14,15). The van der Waals surface area contributed by atoms with E-state index in [9.17, 15) is 9.90 Å². The Morgan fingerprint density at radius 3 is 3.16 bits per heavy atom. The first kappa shape index (κ1) is 14.1. The first-order chi connectivity index (χ1) is 9.15. The average Bonchev–Trinajstić information content (AvgIpc) is 2.79. The summed E-state index contributed by atoms with van der Waals surface area (Å²) in [5.41, 5.74) is 5.81. The minimum Gasteiger partial charge on any atom is -0.396 e. The summed E-state index contributed by atoms with van der Waals surface area (Å²) in [5.74, 6) is 0.398. The number of nitrogens with one attached hydrogen (secondary N) is 1. The number of aliphatic hydroxyl groups is 1. The summed E-state index contributed by atoms with van der Waals surface area (Å²) >= 11 is 1.29. The zero-order valence-corrected chi connectivity index (χ0v) is 11.9. The summed E-state index contributed by atoms with van der Waals surface area (Å²) in [6, 6.07) is 0. The van der Waals surface area contributed by atoms with E-state index in [0.29, 0.717) is 16.6 Å². The van der Waals surface area contributed by atoms with Crippen molar-refractivity contribution in [2.45, 2.75) is 19.8 Å². The van der Waals surface area contributed by atoms with Crippen molar-refractivity contribution in [3.63, 3.8) is 0 Å². The number of piperidine rings is 1. The van der Waals surface area contributed by atoms with Gasteiger partial charge in [-0.3, -0.25) is 4.79 Å². The number of anilines is 2. The molecular weight excluding hydrogens is 264 g/mol. The van der Waals surface area contributed by atoms with Crippen molar-refractivity contribution in [2.24, 2.45) is 5.92 Å². The Hall–Kier alpha value is -1.34. The second-order valence-corrected chi connectivity index (χ2v) is 5.70. The van der Waals surface area contributed by atoms with Gasteiger partial charge in [0.15, 0.2) is 5.13 Å². The van der Waals surface area contributed by atoms with E-state index in [1.807, 2.05) is 6.92 Å². The van der Waals surface area contributed by atoms with Gasteiger partial charge in [0.25, 0.3) is 5.91 Å². The molecule has 106 valence electrons. The Bertz CT molecular complexity index is 449. The Balaban J connectivity index is 2.10. The Morgan fingerprint density at radius 2 is 2.47 bits per heavy atom. The highest BCUT2D eigenvalue weighted by Gasteiger charge is 2.27. The predicted octanol–water partition coefficient (Wildman–Crippen LogP) is 1.00. The van der Waals surface area contributed by atoms with Crippen molar-refractivity contribution in [3.8, 4) is 0 Å². The molecule has 4 N–H and O–H groups in total. The van der Waals surface area contributed by atoms with Crippen molar-refractivity contribution in [3.05, 3.63) is 4.88 Å². The Kier molecular flexibility index (Phi) is 4.60. The van der Waals surface area contributed by atoms with Gasteiger partial charge in [-0.05, 0) is 25.7 Å². The first-order valence-electron chi connectivity index (χ1n) is 6.56. The third-order valence-electron chi connectivity index (χ3n) is 3.24. The van der Waals surface area contributed by atoms with Crippen LogP contribution in [-0.4, -0.2) is 47.1 Å². The highest BCUT2D eigenvalue weighted by atomic mass is 32.1. The highest BCUT2D eigenvalue weighted by Crippen LogP contribution is 2.28. The minimum atomic E-state index is -0.0719. The van der Waals surface area contributed by atoms with Crippen molar-refractivity contribution in [1.82, 2.24) is 9.88 Å². The zero-order valence-electron chi connectivity index (χ0n) is 11.1. The van der Waals surface area contributed by atoms with Gasteiger partial charge in [-0.1, -0.05) is 11.3 Å². The van der Waals surface area contributed by atoms with E-state index in [-0.39, 0.29) is 24.2 Å². The normalized spacial score (nSPS) is 19.5. The fraction of sp³-hybridized carbons (Fsp3) is 0.667. The van der Waals surface area contributed by atoms with E-state index in [2.05, 4.69) is 10.3 Å². The fourth-order valence-electron chi connectivity index (χ4n) is 2.25. The van der Waals surface area contributed by atoms with Crippen LogP contribution in [0.1, 0.15) is 29.4 Å². The lowest BCUT2D eigenvalue weighted by Gasteiger charge is -2.31. The van der Waals surface area contributed by atoms with E-state index in [1.165, 1.54) is 11.3 Å². The lowest BCUT2D eigenvalue weighted by atomic mass is 9.99. The lowest BCUT2D eigenvalue weighted by molar-refractivity contribution is 0.0626. The van der Waals surface area contributed by atoms with Crippen LogP contribution in [0.5, 0.6) is 0 Å². The second kappa shape index (κ2) is 6.21. The van der Waals surface area contributed by atoms with Crippen LogP contribution in [-0.2, 0) is 0 Å². The molecule has 1 fully saturated rings. The van der Waals surface area contributed by atoms with Gasteiger partial charge in [0.05, 0.1) is 0 Å². The van der Waals surface area contributed by atoms with Gasteiger partial charge in [-0.25, -0.2) is 4.98 Å². The number of nitrogens with two attached hydrogens (primary N) is 1. The molecule has 2 rings (SSSR count). The summed E-state index contributed by atoms with van der Waals surface area (Å²) in [6.45, 7) is 4.17. The number of thiazole rings is 1. The molecule has 1 saturated heterocycles. The van der Waals surface area contributed by atoms with Gasteiger partial charge in [0.2, 0.25) is 0 Å². The molecule has 0 bridgehead atoms. The largest absolute Gasteiger partial charge is 0.396 e. The van der Waals surface area contributed by atoms with E-state index in [0.717, 1.165) is 25.9 Å². The monoisotopic (exact) mass is 284 g/mol. The number of carbonyl (C=O) groups excluding carboxylic acids is 1. The van der Waals surface area contributed by atoms with Crippen LogP contribution < -0.4 is 11.1 Å². The smallest absolute Gasteiger partial charge is 0.267 e. The van der Waals surface area contributed by atoms with Gasteiger partial charge in [0.1, 0.15) is 10.7 Å². The molecule has 1 atom stereocenters. The minimum absolute atomic E-state index is 0.0719. The van der Waals surface area contributed by atoms with Gasteiger partial charge in [-0.15, -0.1) is 0 Å². The number of hydrogen-bond donors (Lipinski definition) is 3. The van der Waals surface area contributed by atoms with Crippen LogP contribution in [0.4, 0.5) is 10.9 Å². The highest BCUT2D eigenvalue weighted by molar-refractivity contribution is 7.18. The topological polar surface area (TPSA) is 91.5 Å². The molecule has 2 heterocycles. The molecule has 1 unspecified atom stereocenters. The predicted molar refractivity (Wildman–Crippen MR) is 76.4 cm³/mol. The molecule has 1 amide bonds. The quantitative estimate of drug-likeness (QED) is 0.767. The Labute approximate surface area is 116 Å². The summed E-state index contributed by atoms with van der Waals surface area (Å²) in [6.07, 6.45) is 1.90. The van der Waals surface area contributed by atoms with Gasteiger partial charge >= 0.3 is 0 Å². The number of nitrogen functional groups attached to an aromatic ring is 1. The number of rotatable bonds is 4. The number of aliphatic hydroxyl groups excluding tert-OH is 1. The third kappa shape index (κ3) is 3.16. The summed E-state index contributed by atoms with van der Waals surface area (Å²) in [7, 11) is 0. The van der Waals surface area contributed by atoms with Crippen LogP contribution in [0.15, 0.2) is 0 Å². The van der Waals surface area contributed by atoms with Crippen molar-refractivity contribution in [2.75, 3.05) is 37.3 Å². The molecular formula is C12H20N4O2S. The van der Waals surface area contributed by atoms with E-state index < -0.39 is 0 Å². The molecule has 19 heavy (non-hydrogen) atoms. The maximum atomic E-state index is 12.4. The van der Waals surface area contributed by atoms with Crippen molar-refractivity contribution in [1.29, 1.82) is 0 Å². The molecule has 1 aromatic rings. The molecule has 0 spiro atoms. The molecule has 0 saturated carbocycles. The van der Waals surface area contributed by atoms with Gasteiger partial charge in [-0.2, -0.15) is 0 Å². The molecule has 0 aromatic carbocycles. The van der Waals surface area contributed by atoms with E-state index >= 15 is 0 Å². The number of likely N-dealkylation sites (tertiary alicyclic amines) is 1. The molecule has 1 aliphatic heterocycles. The van der Waals surface area contributed by atoms with Crippen molar-refractivity contribution < 1.29 is 9.90 Å². The molecule has 0 radical (unpaired) electrons. The fourth-order valence-corrected chi connectivity index (χ4v) is 3.17. The van der Waals surface area contributed by atoms with Crippen molar-refractivity contribution >= 4 is 28.2 Å². The summed E-state index contributed by atoms with van der Waals surface area (Å²) in [5, 5.41) is 13.0. The maximum absolute atomic E-state index is 12.4. The maximum Gasteiger partial charge on any atom is 0.267 e. The molecule has 1 aliphatic rings. The SMILES string of the molecule is CCNc1nc(N)c(C(=O)N2CCCC(CO)C2)s1. The number of hydrogen-bond acceptors (Lipinski definition) is 6. The van der Waals surface area contributed by atoms with Gasteiger partial charge < -0.3 is 21.1 Å². The van der Waals surface area contributed by atoms with Crippen LogP contribution in [0.3, 0.4) is 0 Å². The number of nitrogens with zero attached hydrogens (tertiary/aromatic N) is 2. The van der Waals surface area contributed by atoms with Crippen LogP contribution >= 0.6 is 11.3 Å². The van der Waals surface area contributed by atoms with Crippen LogP contribution in [0, 0.1) is 5.92 Å². The van der Waals surface area contributed by atoms with Gasteiger partial charge in [0, 0.05) is 26.2 Å². The first-order valence-corrected chi connectivity index (χ1v) is 7.37. The zero-order chi connectivity index (χ0) is 13.8. The average molecular weight is 284 g/mol. The third-order valence-corrected chi connectivity index (χ3v) is 4.26. The number of carbonyl (C=O) groups is 1. The van der Waals surface area contributed by atoms with E-state index in [1.54, 1.807) is 4.90 Å². The Morgan fingerprint density at radius 1 is 1.68 bits per heavy atom. The van der Waals surface area contributed by atoms with E-state index in [4.69, 9.17) is 5.73 Å². The van der Waals surface area contributed by atoms with Crippen LogP contribution in [0.25, 0.3) is 0 Å². The van der Waals surface area contributed by atoms with Crippen LogP contribution in [0.2, 0.25) is 0 Å². The molecule has 0 aliphatic carbocycles. The summed E-state index contributed by atoms with van der Waals surface area (Å²) in [4.78, 5) is 18.8. The lowest BCUT2D eigenvalue weighted by Crippen LogP contribution is -2.40. The molecule has 6 nitrogen and oxygen atoms in total. The number of aromatic nitrogens is 1. The second-order valence-electron chi connectivity index (χ2n) is 4.71.